The van der Waals surface area contributed by atoms with Crippen LogP contribution in [0.5, 0.6) is 0 Å². The molecule has 1 fully saturated rings. The summed E-state index contributed by atoms with van der Waals surface area (Å²) in [7, 11) is 0. The minimum Gasteiger partial charge on any atom is -0.390 e. The zero-order chi connectivity index (χ0) is 24.6. The number of hydrogen-bond acceptors (Lipinski definition) is 7. The summed E-state index contributed by atoms with van der Waals surface area (Å²) in [5, 5.41) is 37.8. The second kappa shape index (κ2) is 9.05. The van der Waals surface area contributed by atoms with Crippen LogP contribution in [-0.4, -0.2) is 50.1 Å². The molecule has 1 aromatic carbocycles. The van der Waals surface area contributed by atoms with Gasteiger partial charge in [0.2, 0.25) is 0 Å². The van der Waals surface area contributed by atoms with Gasteiger partial charge in [0, 0.05) is 24.3 Å². The lowest BCUT2D eigenvalue weighted by Crippen LogP contribution is -2.39. The van der Waals surface area contributed by atoms with Crippen molar-refractivity contribution < 1.29 is 28.5 Å². The highest BCUT2D eigenvalue weighted by Crippen LogP contribution is 2.41. The minimum absolute atomic E-state index is 0.0225. The van der Waals surface area contributed by atoms with E-state index in [-0.39, 0.29) is 23.3 Å². The standard InChI is InChI=1S/C22H30F3N5O3/c1-20(32)9-8-17(13(10-20)11-27-3)30-12-16(18(26)31)19(29-30)28-15-6-4-14(5-7-15)21(2,33)22(23,24)25/h4-7,12-13,17-18,31-33H,3,8-11,26H2,1-2H3,(H,28,29). The van der Waals surface area contributed by atoms with Gasteiger partial charge in [0.05, 0.1) is 17.2 Å². The summed E-state index contributed by atoms with van der Waals surface area (Å²) in [4.78, 5) is 3.99. The third kappa shape index (κ3) is 5.37. The maximum atomic E-state index is 13.1. The molecule has 0 amide bonds. The Bertz CT molecular complexity index is 971. The van der Waals surface area contributed by atoms with E-state index in [4.69, 9.17) is 5.73 Å². The molecule has 182 valence electrons. The molecule has 1 saturated carbocycles. The van der Waals surface area contributed by atoms with E-state index in [1.807, 2.05) is 0 Å². The van der Waals surface area contributed by atoms with Crippen LogP contribution in [0.2, 0.25) is 0 Å². The molecule has 33 heavy (non-hydrogen) atoms. The first-order chi connectivity index (χ1) is 15.2. The highest BCUT2D eigenvalue weighted by Gasteiger charge is 2.51. The molecule has 0 aliphatic heterocycles. The molecule has 8 nitrogen and oxygen atoms in total. The maximum Gasteiger partial charge on any atom is 0.421 e. The number of anilines is 2. The molecular formula is C22H30F3N5O3. The van der Waals surface area contributed by atoms with Gasteiger partial charge in [0.25, 0.3) is 0 Å². The van der Waals surface area contributed by atoms with Crippen LogP contribution in [0.1, 0.15) is 56.5 Å². The number of rotatable bonds is 7. The van der Waals surface area contributed by atoms with Crippen LogP contribution in [0, 0.1) is 5.92 Å². The average molecular weight is 470 g/mol. The fourth-order valence-electron chi connectivity index (χ4n) is 4.27. The zero-order valence-corrected chi connectivity index (χ0v) is 18.5. The van der Waals surface area contributed by atoms with E-state index in [1.165, 1.54) is 24.3 Å². The van der Waals surface area contributed by atoms with E-state index in [1.54, 1.807) is 17.8 Å². The Morgan fingerprint density at radius 2 is 2.00 bits per heavy atom. The SMILES string of the molecule is C=NCC1CC(C)(O)CCC1n1cc(C(N)O)c(Nc2ccc(C(C)(O)C(F)(F)F)cc2)n1. The van der Waals surface area contributed by atoms with Crippen LogP contribution < -0.4 is 11.1 Å². The van der Waals surface area contributed by atoms with Gasteiger partial charge in [-0.2, -0.15) is 18.3 Å². The number of aliphatic hydroxyl groups is 3. The highest BCUT2D eigenvalue weighted by atomic mass is 19.4. The largest absolute Gasteiger partial charge is 0.421 e. The molecule has 1 aliphatic carbocycles. The number of nitrogens with one attached hydrogen (secondary N) is 1. The molecule has 5 unspecified atom stereocenters. The summed E-state index contributed by atoms with van der Waals surface area (Å²) >= 11 is 0. The molecule has 11 heteroatoms. The zero-order valence-electron chi connectivity index (χ0n) is 18.5. The van der Waals surface area contributed by atoms with E-state index in [0.717, 1.165) is 0 Å². The van der Waals surface area contributed by atoms with Gasteiger partial charge < -0.3 is 31.4 Å². The van der Waals surface area contributed by atoms with E-state index in [9.17, 15) is 28.5 Å². The molecule has 1 aromatic heterocycles. The predicted molar refractivity (Wildman–Crippen MR) is 118 cm³/mol. The van der Waals surface area contributed by atoms with E-state index in [2.05, 4.69) is 22.1 Å². The van der Waals surface area contributed by atoms with Crippen molar-refractivity contribution in [2.45, 2.75) is 62.8 Å². The smallest absolute Gasteiger partial charge is 0.390 e. The molecule has 3 rings (SSSR count). The number of nitrogens with two attached hydrogens (primary N) is 1. The summed E-state index contributed by atoms with van der Waals surface area (Å²) in [6.45, 7) is 6.46. The number of aliphatic imine (C=N–C) groups is 1. The predicted octanol–water partition coefficient (Wildman–Crippen LogP) is 3.14. The Hall–Kier alpha value is -2.47. The van der Waals surface area contributed by atoms with E-state index >= 15 is 0 Å². The van der Waals surface area contributed by atoms with Gasteiger partial charge in [0.1, 0.15) is 6.23 Å². The van der Waals surface area contributed by atoms with Crippen LogP contribution in [0.25, 0.3) is 0 Å². The van der Waals surface area contributed by atoms with Crippen molar-refractivity contribution in [1.29, 1.82) is 0 Å². The maximum absolute atomic E-state index is 13.1. The summed E-state index contributed by atoms with van der Waals surface area (Å²) in [6, 6.07) is 4.99. The first-order valence-electron chi connectivity index (χ1n) is 10.6. The quantitative estimate of drug-likeness (QED) is 0.313. The fourth-order valence-corrected chi connectivity index (χ4v) is 4.27. The fraction of sp³-hybridized carbons (Fsp3) is 0.545. The van der Waals surface area contributed by atoms with Gasteiger partial charge in [-0.05, 0) is 57.5 Å². The number of aliphatic hydroxyl groups excluding tert-OH is 1. The minimum atomic E-state index is -4.82. The normalized spacial score (nSPS) is 26.5. The van der Waals surface area contributed by atoms with Crippen LogP contribution in [0.15, 0.2) is 35.5 Å². The molecule has 2 aromatic rings. The topological polar surface area (TPSA) is 129 Å². The molecule has 0 bridgehead atoms. The molecule has 0 radical (unpaired) electrons. The van der Waals surface area contributed by atoms with E-state index in [0.29, 0.717) is 44.0 Å². The Morgan fingerprint density at radius 3 is 2.55 bits per heavy atom. The van der Waals surface area contributed by atoms with Gasteiger partial charge in [-0.25, -0.2) is 0 Å². The Balaban J connectivity index is 1.87. The third-order valence-corrected chi connectivity index (χ3v) is 6.27. The monoisotopic (exact) mass is 469 g/mol. The van der Waals surface area contributed by atoms with Crippen molar-refractivity contribution in [1.82, 2.24) is 9.78 Å². The molecule has 1 aliphatic rings. The van der Waals surface area contributed by atoms with Crippen LogP contribution in [0.4, 0.5) is 24.7 Å². The molecule has 6 N–H and O–H groups in total. The second-order valence-electron chi connectivity index (χ2n) is 9.10. The van der Waals surface area contributed by atoms with Gasteiger partial charge >= 0.3 is 6.18 Å². The van der Waals surface area contributed by atoms with Crippen LogP contribution in [-0.2, 0) is 5.60 Å². The Morgan fingerprint density at radius 1 is 1.36 bits per heavy atom. The molecule has 0 saturated heterocycles. The van der Waals surface area contributed by atoms with Crippen LogP contribution in [0.3, 0.4) is 0 Å². The Labute approximate surface area is 189 Å². The van der Waals surface area contributed by atoms with E-state index < -0.39 is 23.6 Å². The molecule has 1 heterocycles. The number of nitrogens with zero attached hydrogens (tertiary/aromatic N) is 3. The lowest BCUT2D eigenvalue weighted by Gasteiger charge is -2.39. The number of hydrogen-bond donors (Lipinski definition) is 5. The van der Waals surface area contributed by atoms with Crippen molar-refractivity contribution in [3.8, 4) is 0 Å². The van der Waals surface area contributed by atoms with Gasteiger partial charge in [0.15, 0.2) is 11.4 Å². The summed E-state index contributed by atoms with van der Waals surface area (Å²) in [5.41, 5.74) is 2.32. The van der Waals surface area contributed by atoms with Crippen molar-refractivity contribution in [2.24, 2.45) is 16.6 Å². The molecular weight excluding hydrogens is 439 g/mol. The van der Waals surface area contributed by atoms with Gasteiger partial charge in [-0.1, -0.05) is 12.1 Å². The first-order valence-corrected chi connectivity index (χ1v) is 10.6. The summed E-state index contributed by atoms with van der Waals surface area (Å²) < 4.78 is 40.9. The summed E-state index contributed by atoms with van der Waals surface area (Å²) in [6.07, 6.45) is -2.82. The number of halogens is 3. The lowest BCUT2D eigenvalue weighted by atomic mass is 9.76. The lowest BCUT2D eigenvalue weighted by molar-refractivity contribution is -0.258. The van der Waals surface area contributed by atoms with Crippen LogP contribution >= 0.6 is 0 Å². The number of alkyl halides is 3. The van der Waals surface area contributed by atoms with Crippen molar-refractivity contribution in [3.63, 3.8) is 0 Å². The van der Waals surface area contributed by atoms with Gasteiger partial charge in [-0.15, -0.1) is 0 Å². The first kappa shape index (κ1) is 25.2. The molecule has 5 atom stereocenters. The number of benzene rings is 1. The third-order valence-electron chi connectivity index (χ3n) is 6.27. The average Bonchev–Trinajstić information content (AvgIpc) is 3.11. The highest BCUT2D eigenvalue weighted by molar-refractivity contribution is 5.60. The Kier molecular flexibility index (Phi) is 6.90. The number of aromatic nitrogens is 2. The van der Waals surface area contributed by atoms with Crippen molar-refractivity contribution in [3.05, 3.63) is 41.6 Å². The van der Waals surface area contributed by atoms with Crippen molar-refractivity contribution >= 4 is 18.2 Å². The second-order valence-corrected chi connectivity index (χ2v) is 9.10. The molecule has 0 spiro atoms. The van der Waals surface area contributed by atoms with Crippen molar-refractivity contribution in [2.75, 3.05) is 11.9 Å². The summed E-state index contributed by atoms with van der Waals surface area (Å²) in [5.74, 6) is 0.230. The van der Waals surface area contributed by atoms with Gasteiger partial charge in [-0.3, -0.25) is 4.68 Å².